The third-order valence-electron chi connectivity index (χ3n) is 4.72. The van der Waals surface area contributed by atoms with Gasteiger partial charge >= 0.3 is 0 Å². The number of para-hydroxylation sites is 1. The fourth-order valence-electron chi connectivity index (χ4n) is 3.44. The van der Waals surface area contributed by atoms with Crippen LogP contribution in [0.25, 0.3) is 10.9 Å². The molecule has 2 aromatic carbocycles. The van der Waals surface area contributed by atoms with Crippen LogP contribution in [0.2, 0.25) is 0 Å². The number of aryl methyl sites for hydroxylation is 1. The van der Waals surface area contributed by atoms with Crippen LogP contribution in [0.15, 0.2) is 42.6 Å². The molecule has 2 heterocycles. The fraction of sp³-hybridized carbons (Fsp3) is 0.333. The molecule has 1 aliphatic heterocycles. The lowest BCUT2D eigenvalue weighted by molar-refractivity contribution is 0.249. The predicted molar refractivity (Wildman–Crippen MR) is 101 cm³/mol. The second-order valence-electron chi connectivity index (χ2n) is 6.55. The van der Waals surface area contributed by atoms with Gasteiger partial charge in [-0.3, -0.25) is 0 Å². The molecule has 26 heavy (non-hydrogen) atoms. The van der Waals surface area contributed by atoms with Crippen molar-refractivity contribution in [3.8, 4) is 11.5 Å². The van der Waals surface area contributed by atoms with Crippen LogP contribution < -0.4 is 14.8 Å². The third-order valence-corrected chi connectivity index (χ3v) is 4.72. The minimum Gasteiger partial charge on any atom is -0.489 e. The van der Waals surface area contributed by atoms with E-state index in [9.17, 15) is 4.39 Å². The highest BCUT2D eigenvalue weighted by atomic mass is 19.1. The molecule has 0 spiro atoms. The molecule has 0 saturated heterocycles. The van der Waals surface area contributed by atoms with Crippen molar-refractivity contribution in [2.24, 2.45) is 0 Å². The van der Waals surface area contributed by atoms with Crippen molar-refractivity contribution < 1.29 is 13.9 Å². The molecule has 3 aromatic rings. The van der Waals surface area contributed by atoms with E-state index in [-0.39, 0.29) is 5.82 Å². The number of aromatic nitrogens is 1. The highest BCUT2D eigenvalue weighted by Crippen LogP contribution is 2.35. The van der Waals surface area contributed by atoms with Crippen LogP contribution in [-0.4, -0.2) is 31.3 Å². The number of rotatable bonds is 7. The molecule has 2 N–H and O–H groups in total. The van der Waals surface area contributed by atoms with E-state index in [1.54, 1.807) is 6.07 Å². The standard InChI is InChI=1S/C21H23FN2O2/c22-17-12-15-4-3-10-26-21(15)20(13-17)25-11-9-23-8-7-16-14-24-19-6-2-1-5-18(16)19/h1-2,5-6,12-14,23-24H,3-4,7-11H2. The molecule has 0 fully saturated rings. The van der Waals surface area contributed by atoms with E-state index in [4.69, 9.17) is 9.47 Å². The third kappa shape index (κ3) is 3.68. The second-order valence-corrected chi connectivity index (χ2v) is 6.55. The summed E-state index contributed by atoms with van der Waals surface area (Å²) in [4.78, 5) is 3.29. The first kappa shape index (κ1) is 16.9. The number of hydrogen-bond acceptors (Lipinski definition) is 3. The molecule has 1 aromatic heterocycles. The van der Waals surface area contributed by atoms with Gasteiger partial charge in [-0.25, -0.2) is 4.39 Å². The van der Waals surface area contributed by atoms with Crippen LogP contribution in [0.4, 0.5) is 4.39 Å². The van der Waals surface area contributed by atoms with Gasteiger partial charge in [-0.15, -0.1) is 0 Å². The zero-order chi connectivity index (χ0) is 17.8. The average molecular weight is 354 g/mol. The molecule has 4 nitrogen and oxygen atoms in total. The summed E-state index contributed by atoms with van der Waals surface area (Å²) in [5.74, 6) is 0.950. The molecule has 0 atom stereocenters. The Hall–Kier alpha value is -2.53. The van der Waals surface area contributed by atoms with Crippen molar-refractivity contribution in [1.29, 1.82) is 0 Å². The summed E-state index contributed by atoms with van der Waals surface area (Å²) in [5.41, 5.74) is 3.38. The van der Waals surface area contributed by atoms with E-state index in [0.717, 1.165) is 31.4 Å². The van der Waals surface area contributed by atoms with E-state index in [1.807, 2.05) is 6.07 Å². The summed E-state index contributed by atoms with van der Waals surface area (Å²) in [6, 6.07) is 11.3. The maximum atomic E-state index is 13.7. The zero-order valence-corrected chi connectivity index (χ0v) is 14.7. The van der Waals surface area contributed by atoms with Gasteiger partial charge in [0.05, 0.1) is 6.61 Å². The van der Waals surface area contributed by atoms with Gasteiger partial charge in [-0.1, -0.05) is 18.2 Å². The molecule has 4 rings (SSSR count). The van der Waals surface area contributed by atoms with Gasteiger partial charge in [0.2, 0.25) is 0 Å². The number of benzene rings is 2. The number of halogens is 1. The Morgan fingerprint density at radius 2 is 2.12 bits per heavy atom. The van der Waals surface area contributed by atoms with Gasteiger partial charge in [0, 0.05) is 35.3 Å². The molecule has 136 valence electrons. The molecule has 5 heteroatoms. The Kier molecular flexibility index (Phi) is 5.07. The molecule has 0 aliphatic carbocycles. The van der Waals surface area contributed by atoms with Crippen molar-refractivity contribution in [2.75, 3.05) is 26.3 Å². The summed E-state index contributed by atoms with van der Waals surface area (Å²) in [6.07, 6.45) is 4.78. The minimum atomic E-state index is -0.267. The largest absolute Gasteiger partial charge is 0.489 e. The summed E-state index contributed by atoms with van der Waals surface area (Å²) in [7, 11) is 0. The molecular weight excluding hydrogens is 331 g/mol. The molecule has 0 radical (unpaired) electrons. The van der Waals surface area contributed by atoms with Crippen molar-refractivity contribution in [2.45, 2.75) is 19.3 Å². The lowest BCUT2D eigenvalue weighted by Crippen LogP contribution is -2.23. The highest BCUT2D eigenvalue weighted by molar-refractivity contribution is 5.83. The van der Waals surface area contributed by atoms with E-state index < -0.39 is 0 Å². The van der Waals surface area contributed by atoms with Crippen LogP contribution in [0, 0.1) is 5.82 Å². The molecule has 1 aliphatic rings. The summed E-state index contributed by atoms with van der Waals surface area (Å²) < 4.78 is 25.1. The number of ether oxygens (including phenoxy) is 2. The Morgan fingerprint density at radius 1 is 1.19 bits per heavy atom. The van der Waals surface area contributed by atoms with Crippen LogP contribution in [0.3, 0.4) is 0 Å². The molecule has 0 amide bonds. The topological polar surface area (TPSA) is 46.3 Å². The summed E-state index contributed by atoms with van der Waals surface area (Å²) >= 11 is 0. The van der Waals surface area contributed by atoms with E-state index in [1.165, 1.54) is 22.5 Å². The quantitative estimate of drug-likeness (QED) is 0.634. The van der Waals surface area contributed by atoms with Crippen molar-refractivity contribution in [3.63, 3.8) is 0 Å². The van der Waals surface area contributed by atoms with E-state index in [2.05, 4.69) is 34.7 Å². The van der Waals surface area contributed by atoms with Crippen molar-refractivity contribution in [1.82, 2.24) is 10.3 Å². The lowest BCUT2D eigenvalue weighted by atomic mass is 10.1. The molecule has 0 bridgehead atoms. The number of fused-ring (bicyclic) bond motifs is 2. The van der Waals surface area contributed by atoms with Crippen LogP contribution in [0.1, 0.15) is 17.5 Å². The number of H-pyrrole nitrogens is 1. The Balaban J connectivity index is 1.25. The van der Waals surface area contributed by atoms with Gasteiger partial charge in [-0.05, 0) is 43.5 Å². The average Bonchev–Trinajstić information content (AvgIpc) is 3.07. The van der Waals surface area contributed by atoms with Crippen LogP contribution >= 0.6 is 0 Å². The van der Waals surface area contributed by atoms with Crippen molar-refractivity contribution in [3.05, 3.63) is 59.5 Å². The highest BCUT2D eigenvalue weighted by Gasteiger charge is 2.17. The minimum absolute atomic E-state index is 0.267. The van der Waals surface area contributed by atoms with Gasteiger partial charge in [-0.2, -0.15) is 0 Å². The fourth-order valence-corrected chi connectivity index (χ4v) is 3.44. The van der Waals surface area contributed by atoms with Gasteiger partial charge in [0.25, 0.3) is 0 Å². The summed E-state index contributed by atoms with van der Waals surface area (Å²) in [5, 5.41) is 4.65. The maximum absolute atomic E-state index is 13.7. The number of nitrogens with one attached hydrogen (secondary N) is 2. The van der Waals surface area contributed by atoms with E-state index >= 15 is 0 Å². The van der Waals surface area contributed by atoms with Gasteiger partial charge in [0.1, 0.15) is 12.4 Å². The van der Waals surface area contributed by atoms with Gasteiger partial charge in [0.15, 0.2) is 11.5 Å². The van der Waals surface area contributed by atoms with Crippen LogP contribution in [0.5, 0.6) is 11.5 Å². The van der Waals surface area contributed by atoms with Crippen molar-refractivity contribution >= 4 is 10.9 Å². The molecule has 0 unspecified atom stereocenters. The maximum Gasteiger partial charge on any atom is 0.164 e. The van der Waals surface area contributed by atoms with Gasteiger partial charge < -0.3 is 19.8 Å². The first-order chi connectivity index (χ1) is 12.8. The Bertz CT molecular complexity index is 891. The predicted octanol–water partition coefficient (Wildman–Crippen LogP) is 3.84. The zero-order valence-electron chi connectivity index (χ0n) is 14.7. The second kappa shape index (κ2) is 7.79. The molecular formula is C21H23FN2O2. The Labute approximate surface area is 152 Å². The smallest absolute Gasteiger partial charge is 0.164 e. The SMILES string of the molecule is Fc1cc2c(c(OCCNCCc3c[nH]c4ccccc34)c1)OCCC2. The van der Waals surface area contributed by atoms with E-state index in [0.29, 0.717) is 31.3 Å². The number of aromatic amines is 1. The summed E-state index contributed by atoms with van der Waals surface area (Å²) in [6.45, 7) is 2.71. The first-order valence-electron chi connectivity index (χ1n) is 9.15. The normalized spacial score (nSPS) is 13.4. The molecule has 0 saturated carbocycles. The van der Waals surface area contributed by atoms with Crippen LogP contribution in [-0.2, 0) is 12.8 Å². The number of hydrogen-bond donors (Lipinski definition) is 2. The monoisotopic (exact) mass is 354 g/mol. The lowest BCUT2D eigenvalue weighted by Gasteiger charge is -2.20. The Morgan fingerprint density at radius 3 is 3.08 bits per heavy atom. The first-order valence-corrected chi connectivity index (χ1v) is 9.15.